The predicted molar refractivity (Wildman–Crippen MR) is 70.4 cm³/mol. The minimum atomic E-state index is -0.665. The van der Waals surface area contributed by atoms with Gasteiger partial charge >= 0.3 is 6.16 Å². The minimum Gasteiger partial charge on any atom is -0.431 e. The van der Waals surface area contributed by atoms with E-state index in [0.717, 1.165) is 31.3 Å². The van der Waals surface area contributed by atoms with E-state index >= 15 is 0 Å². The van der Waals surface area contributed by atoms with Gasteiger partial charge in [-0.2, -0.15) is 0 Å². The van der Waals surface area contributed by atoms with Gasteiger partial charge in [-0.3, -0.25) is 4.79 Å². The first-order valence-corrected chi connectivity index (χ1v) is 6.68. The van der Waals surface area contributed by atoms with Gasteiger partial charge in [0.15, 0.2) is 5.78 Å². The molecule has 102 valence electrons. The maximum absolute atomic E-state index is 11.4. The van der Waals surface area contributed by atoms with Crippen molar-refractivity contribution in [2.75, 3.05) is 0 Å². The molecule has 1 saturated carbocycles. The van der Waals surface area contributed by atoms with Crippen LogP contribution in [0.25, 0.3) is 0 Å². The van der Waals surface area contributed by atoms with Gasteiger partial charge in [0.05, 0.1) is 6.26 Å². The van der Waals surface area contributed by atoms with Crippen molar-refractivity contribution in [2.24, 2.45) is 0 Å². The Hall–Kier alpha value is -1.84. The van der Waals surface area contributed by atoms with Crippen LogP contribution in [0, 0.1) is 0 Å². The molecule has 0 amide bonds. The summed E-state index contributed by atoms with van der Waals surface area (Å²) in [7, 11) is 0. The fraction of sp³-hybridized carbons (Fsp3) is 0.467. The number of ketones is 1. The van der Waals surface area contributed by atoms with Gasteiger partial charge in [-0.05, 0) is 43.4 Å². The molecule has 1 fully saturated rings. The average Bonchev–Trinajstić information content (AvgIpc) is 2.40. The third-order valence-corrected chi connectivity index (χ3v) is 3.23. The normalized spacial score (nSPS) is 20.4. The Morgan fingerprint density at radius 1 is 1.26 bits per heavy atom. The summed E-state index contributed by atoms with van der Waals surface area (Å²) in [6, 6.07) is 0. The van der Waals surface area contributed by atoms with Crippen molar-refractivity contribution in [1.29, 1.82) is 0 Å². The van der Waals surface area contributed by atoms with Crippen molar-refractivity contribution in [3.63, 3.8) is 0 Å². The summed E-state index contributed by atoms with van der Waals surface area (Å²) in [5, 5.41) is 0. The van der Waals surface area contributed by atoms with Crippen molar-refractivity contribution in [2.45, 2.75) is 44.6 Å². The molecule has 0 aromatic rings. The molecule has 0 unspecified atom stereocenters. The largest absolute Gasteiger partial charge is 0.513 e. The molecule has 0 aromatic heterocycles. The Labute approximate surface area is 112 Å². The smallest absolute Gasteiger partial charge is 0.431 e. The van der Waals surface area contributed by atoms with E-state index in [0.29, 0.717) is 6.42 Å². The second-order valence-electron chi connectivity index (χ2n) is 4.79. The maximum Gasteiger partial charge on any atom is 0.513 e. The molecular weight excluding hydrogens is 244 g/mol. The molecule has 2 aliphatic carbocycles. The summed E-state index contributed by atoms with van der Waals surface area (Å²) in [5.74, 6) is 0.0481. The van der Waals surface area contributed by atoms with Crippen LogP contribution in [-0.2, 0) is 14.3 Å². The van der Waals surface area contributed by atoms with Crippen LogP contribution in [-0.4, -0.2) is 18.0 Å². The molecule has 0 heterocycles. The van der Waals surface area contributed by atoms with Gasteiger partial charge in [0.2, 0.25) is 0 Å². The molecule has 0 spiro atoms. The number of hydrogen-bond donors (Lipinski definition) is 0. The Balaban J connectivity index is 1.72. The highest BCUT2D eigenvalue weighted by atomic mass is 16.7. The topological polar surface area (TPSA) is 52.6 Å². The third kappa shape index (κ3) is 4.73. The summed E-state index contributed by atoms with van der Waals surface area (Å²) < 4.78 is 10.1. The zero-order valence-corrected chi connectivity index (χ0v) is 10.8. The van der Waals surface area contributed by atoms with Crippen molar-refractivity contribution < 1.29 is 19.1 Å². The van der Waals surface area contributed by atoms with E-state index in [1.54, 1.807) is 12.2 Å². The summed E-state index contributed by atoms with van der Waals surface area (Å²) in [6.07, 6.45) is 12.9. The lowest BCUT2D eigenvalue weighted by Gasteiger charge is -2.20. The number of rotatable bonds is 3. The van der Waals surface area contributed by atoms with E-state index in [9.17, 15) is 9.59 Å². The van der Waals surface area contributed by atoms with Gasteiger partial charge in [-0.25, -0.2) is 4.79 Å². The maximum atomic E-state index is 11.4. The fourth-order valence-electron chi connectivity index (χ4n) is 2.24. The lowest BCUT2D eigenvalue weighted by Crippen LogP contribution is -2.20. The van der Waals surface area contributed by atoms with Gasteiger partial charge in [-0.15, -0.1) is 0 Å². The molecule has 0 aliphatic heterocycles. The lowest BCUT2D eigenvalue weighted by molar-refractivity contribution is -0.114. The van der Waals surface area contributed by atoms with Crippen LogP contribution < -0.4 is 0 Å². The molecule has 2 aliphatic rings. The van der Waals surface area contributed by atoms with Crippen molar-refractivity contribution in [3.8, 4) is 0 Å². The van der Waals surface area contributed by atoms with E-state index in [2.05, 4.69) is 0 Å². The minimum absolute atomic E-state index is 0.00643. The molecule has 0 bridgehead atoms. The quantitative estimate of drug-likeness (QED) is 0.577. The molecule has 0 aromatic carbocycles. The third-order valence-electron chi connectivity index (χ3n) is 3.23. The molecule has 0 saturated heterocycles. The van der Waals surface area contributed by atoms with Crippen LogP contribution >= 0.6 is 0 Å². The SMILES string of the molecule is O=C1C=CC=C(C=COC(=O)OC2CCCCC2)C1. The van der Waals surface area contributed by atoms with E-state index < -0.39 is 6.16 Å². The summed E-state index contributed by atoms with van der Waals surface area (Å²) in [5.41, 5.74) is 0.818. The van der Waals surface area contributed by atoms with E-state index in [1.807, 2.05) is 6.08 Å². The number of carbonyl (C=O) groups excluding carboxylic acids is 2. The predicted octanol–water partition coefficient (Wildman–Crippen LogP) is 3.44. The molecule has 4 heteroatoms. The van der Waals surface area contributed by atoms with E-state index in [4.69, 9.17) is 9.47 Å². The van der Waals surface area contributed by atoms with Gasteiger partial charge < -0.3 is 9.47 Å². The molecule has 2 rings (SSSR count). The van der Waals surface area contributed by atoms with Crippen LogP contribution in [0.4, 0.5) is 4.79 Å². The number of ether oxygens (including phenoxy) is 2. The lowest BCUT2D eigenvalue weighted by atomic mass is 9.98. The van der Waals surface area contributed by atoms with Crippen LogP contribution in [0.5, 0.6) is 0 Å². The molecule has 4 nitrogen and oxygen atoms in total. The zero-order chi connectivity index (χ0) is 13.5. The average molecular weight is 262 g/mol. The first kappa shape index (κ1) is 13.6. The highest BCUT2D eigenvalue weighted by Crippen LogP contribution is 2.20. The molecule has 19 heavy (non-hydrogen) atoms. The number of carbonyl (C=O) groups is 2. The first-order chi connectivity index (χ1) is 9.24. The van der Waals surface area contributed by atoms with Crippen LogP contribution in [0.3, 0.4) is 0 Å². The second-order valence-corrected chi connectivity index (χ2v) is 4.79. The fourth-order valence-corrected chi connectivity index (χ4v) is 2.24. The highest BCUT2D eigenvalue weighted by molar-refractivity contribution is 5.93. The first-order valence-electron chi connectivity index (χ1n) is 6.68. The Morgan fingerprint density at radius 3 is 2.79 bits per heavy atom. The molecule has 0 atom stereocenters. The van der Waals surface area contributed by atoms with Gasteiger partial charge in [0.25, 0.3) is 0 Å². The Morgan fingerprint density at radius 2 is 2.05 bits per heavy atom. The van der Waals surface area contributed by atoms with Crippen LogP contribution in [0.1, 0.15) is 38.5 Å². The van der Waals surface area contributed by atoms with Crippen LogP contribution in [0.15, 0.2) is 36.1 Å². The second kappa shape index (κ2) is 6.92. The molecule has 0 N–H and O–H groups in total. The van der Waals surface area contributed by atoms with Crippen molar-refractivity contribution in [3.05, 3.63) is 36.1 Å². The van der Waals surface area contributed by atoms with Gasteiger partial charge in [0.1, 0.15) is 6.10 Å². The highest BCUT2D eigenvalue weighted by Gasteiger charge is 2.17. The van der Waals surface area contributed by atoms with E-state index in [1.165, 1.54) is 18.8 Å². The van der Waals surface area contributed by atoms with Gasteiger partial charge in [0, 0.05) is 6.42 Å². The van der Waals surface area contributed by atoms with Crippen molar-refractivity contribution in [1.82, 2.24) is 0 Å². The summed E-state index contributed by atoms with van der Waals surface area (Å²) in [4.78, 5) is 22.6. The standard InChI is InChI=1S/C15H18O4/c16-13-6-4-5-12(11-13)9-10-18-15(17)19-14-7-2-1-3-8-14/h4-6,9-10,14H,1-3,7-8,11H2. The van der Waals surface area contributed by atoms with E-state index in [-0.39, 0.29) is 11.9 Å². The Kier molecular flexibility index (Phi) is 4.95. The monoisotopic (exact) mass is 262 g/mol. The molecular formula is C15H18O4. The van der Waals surface area contributed by atoms with Gasteiger partial charge in [-0.1, -0.05) is 18.6 Å². The number of hydrogen-bond acceptors (Lipinski definition) is 4. The summed E-state index contributed by atoms with van der Waals surface area (Å²) in [6.45, 7) is 0. The zero-order valence-electron chi connectivity index (χ0n) is 10.8. The van der Waals surface area contributed by atoms with Crippen LogP contribution in [0.2, 0.25) is 0 Å². The Bertz CT molecular complexity index is 425. The molecule has 0 radical (unpaired) electrons. The summed E-state index contributed by atoms with van der Waals surface area (Å²) >= 11 is 0. The number of allylic oxidation sites excluding steroid dienone is 5. The van der Waals surface area contributed by atoms with Crippen molar-refractivity contribution >= 4 is 11.9 Å².